The molecule has 1 heterocycles. The van der Waals surface area contributed by atoms with Gasteiger partial charge in [-0.25, -0.2) is 0 Å². The highest BCUT2D eigenvalue weighted by atomic mass is 16.7. The van der Waals surface area contributed by atoms with Crippen molar-refractivity contribution in [1.82, 2.24) is 4.90 Å². The summed E-state index contributed by atoms with van der Waals surface area (Å²) in [6.45, 7) is 8.14. The summed E-state index contributed by atoms with van der Waals surface area (Å²) in [5.41, 5.74) is 1.39. The van der Waals surface area contributed by atoms with Crippen molar-refractivity contribution in [2.75, 3.05) is 46.8 Å². The fourth-order valence-corrected chi connectivity index (χ4v) is 5.22. The van der Waals surface area contributed by atoms with Gasteiger partial charge in [-0.15, -0.1) is 0 Å². The zero-order valence-electron chi connectivity index (χ0n) is 20.5. The number of methoxy groups -OCH3 is 1. The Hall–Kier alpha value is -1.66. The van der Waals surface area contributed by atoms with Crippen molar-refractivity contribution in [2.45, 2.75) is 58.1 Å². The van der Waals surface area contributed by atoms with E-state index in [0.717, 1.165) is 58.0 Å². The molecular weight excluding hydrogens is 414 g/mol. The molecule has 1 aliphatic carbocycles. The molecule has 0 unspecified atom stereocenters. The molecule has 0 radical (unpaired) electrons. The summed E-state index contributed by atoms with van der Waals surface area (Å²) in [6.07, 6.45) is 7.39. The van der Waals surface area contributed by atoms with Crippen LogP contribution in [-0.2, 0) is 20.8 Å². The van der Waals surface area contributed by atoms with Crippen LogP contribution in [0.3, 0.4) is 0 Å². The van der Waals surface area contributed by atoms with Gasteiger partial charge in [0.2, 0.25) is 0 Å². The van der Waals surface area contributed by atoms with Crippen LogP contribution in [0, 0.1) is 11.8 Å². The van der Waals surface area contributed by atoms with Crippen molar-refractivity contribution < 1.29 is 18.9 Å². The second-order valence-corrected chi connectivity index (χ2v) is 9.76. The Morgan fingerprint density at radius 1 is 0.818 bits per heavy atom. The molecule has 5 heteroatoms. The van der Waals surface area contributed by atoms with Crippen LogP contribution >= 0.6 is 0 Å². The van der Waals surface area contributed by atoms with Gasteiger partial charge in [-0.3, -0.25) is 4.90 Å². The molecule has 2 aromatic rings. The van der Waals surface area contributed by atoms with Gasteiger partial charge in [0.05, 0.1) is 12.7 Å². The van der Waals surface area contributed by atoms with E-state index >= 15 is 0 Å². The van der Waals surface area contributed by atoms with Gasteiger partial charge < -0.3 is 18.9 Å². The van der Waals surface area contributed by atoms with E-state index in [9.17, 15) is 0 Å². The maximum absolute atomic E-state index is 6.33. The van der Waals surface area contributed by atoms with Crippen molar-refractivity contribution in [3.63, 3.8) is 0 Å². The third-order valence-electron chi connectivity index (χ3n) is 7.21. The van der Waals surface area contributed by atoms with Gasteiger partial charge in [0.1, 0.15) is 12.5 Å². The molecule has 1 saturated carbocycles. The number of likely N-dealkylation sites (tertiary alicyclic amines) is 1. The summed E-state index contributed by atoms with van der Waals surface area (Å²) >= 11 is 0. The first-order valence-corrected chi connectivity index (χ1v) is 12.8. The summed E-state index contributed by atoms with van der Waals surface area (Å²) < 4.78 is 22.5. The zero-order chi connectivity index (χ0) is 22.9. The molecule has 1 saturated heterocycles. The predicted octanol–water partition coefficient (Wildman–Crippen LogP) is 5.65. The number of nitrogens with zero attached hydrogens (tertiary/aromatic N) is 1. The van der Waals surface area contributed by atoms with Crippen LogP contribution in [0.2, 0.25) is 0 Å². The van der Waals surface area contributed by atoms with Crippen LogP contribution in [0.25, 0.3) is 10.8 Å². The van der Waals surface area contributed by atoms with Crippen LogP contribution in [-0.4, -0.2) is 57.8 Å². The molecular formula is C28H41NO4. The van der Waals surface area contributed by atoms with Crippen LogP contribution in [0.15, 0.2) is 36.4 Å². The molecule has 33 heavy (non-hydrogen) atoms. The summed E-state index contributed by atoms with van der Waals surface area (Å²) in [5.74, 6) is 2.36. The van der Waals surface area contributed by atoms with Crippen molar-refractivity contribution in [3.05, 3.63) is 42.0 Å². The lowest BCUT2D eigenvalue weighted by atomic mass is 9.88. The molecule has 0 spiro atoms. The van der Waals surface area contributed by atoms with Gasteiger partial charge in [-0.05, 0) is 105 Å². The van der Waals surface area contributed by atoms with E-state index in [4.69, 9.17) is 18.9 Å². The molecule has 182 valence electrons. The van der Waals surface area contributed by atoms with Crippen molar-refractivity contribution in [2.24, 2.45) is 11.8 Å². The van der Waals surface area contributed by atoms with Crippen LogP contribution in [0.5, 0.6) is 5.75 Å². The highest BCUT2D eigenvalue weighted by molar-refractivity contribution is 5.84. The number of fused-ring (bicyclic) bond motifs is 1. The van der Waals surface area contributed by atoms with Crippen LogP contribution in [0.1, 0.15) is 51.0 Å². The lowest BCUT2D eigenvalue weighted by Crippen LogP contribution is -2.34. The molecule has 4 rings (SSSR count). The monoisotopic (exact) mass is 455 g/mol. The second kappa shape index (κ2) is 12.7. The molecule has 0 N–H and O–H groups in total. The highest BCUT2D eigenvalue weighted by Gasteiger charge is 2.22. The van der Waals surface area contributed by atoms with Crippen molar-refractivity contribution in [1.29, 1.82) is 0 Å². The minimum Gasteiger partial charge on any atom is -0.490 e. The van der Waals surface area contributed by atoms with E-state index in [1.807, 2.05) is 6.92 Å². The summed E-state index contributed by atoms with van der Waals surface area (Å²) in [7, 11) is 1.80. The van der Waals surface area contributed by atoms with Gasteiger partial charge in [-0.2, -0.15) is 0 Å². The van der Waals surface area contributed by atoms with Gasteiger partial charge >= 0.3 is 0 Å². The average Bonchev–Trinajstić information content (AvgIpc) is 2.84. The Labute approximate surface area is 199 Å². The van der Waals surface area contributed by atoms with Gasteiger partial charge in [0.25, 0.3) is 0 Å². The van der Waals surface area contributed by atoms with Gasteiger partial charge in [0.15, 0.2) is 0 Å². The molecule has 0 bridgehead atoms. The normalized spacial score (nSPS) is 22.6. The maximum Gasteiger partial charge on any atom is 0.146 e. The summed E-state index contributed by atoms with van der Waals surface area (Å²) in [6, 6.07) is 13.4. The molecule has 1 aliphatic heterocycles. The highest BCUT2D eigenvalue weighted by Crippen LogP contribution is 2.30. The minimum absolute atomic E-state index is 0.335. The lowest BCUT2D eigenvalue weighted by molar-refractivity contribution is -0.0659. The Bertz CT molecular complexity index is 841. The third-order valence-corrected chi connectivity index (χ3v) is 7.21. The van der Waals surface area contributed by atoms with E-state index < -0.39 is 0 Å². The quantitative estimate of drug-likeness (QED) is 0.324. The molecule has 0 aromatic heterocycles. The zero-order valence-corrected chi connectivity index (χ0v) is 20.5. The van der Waals surface area contributed by atoms with E-state index in [2.05, 4.69) is 41.3 Å². The third kappa shape index (κ3) is 7.41. The first-order valence-electron chi connectivity index (χ1n) is 12.8. The number of piperidine rings is 1. The molecule has 5 nitrogen and oxygen atoms in total. The first-order chi connectivity index (χ1) is 16.2. The number of hydrogen-bond acceptors (Lipinski definition) is 5. The standard InChI is InChI=1S/C28H41NO4/c1-3-31-21-32-20-23-12-14-29(15-13-23)18-24-4-7-26-17-28(11-8-25(26)16-24)33-27-9-5-22(6-10-27)19-30-2/h4,7-8,11,16-17,22-23,27H,3,5-6,9-10,12-15,18-21H2,1-2H3. The largest absolute Gasteiger partial charge is 0.490 e. The van der Waals surface area contributed by atoms with Crippen LogP contribution < -0.4 is 4.74 Å². The second-order valence-electron chi connectivity index (χ2n) is 9.76. The van der Waals surface area contributed by atoms with Gasteiger partial charge in [0, 0.05) is 26.9 Å². The first kappa shape index (κ1) is 24.5. The van der Waals surface area contributed by atoms with Crippen molar-refractivity contribution in [3.8, 4) is 5.75 Å². The van der Waals surface area contributed by atoms with Crippen molar-refractivity contribution >= 4 is 10.8 Å². The number of benzene rings is 2. The van der Waals surface area contributed by atoms with E-state index in [-0.39, 0.29) is 0 Å². The number of hydrogen-bond donors (Lipinski definition) is 0. The summed E-state index contributed by atoms with van der Waals surface area (Å²) in [5, 5.41) is 2.55. The Balaban J connectivity index is 1.24. The Morgan fingerprint density at radius 3 is 2.30 bits per heavy atom. The molecule has 2 fully saturated rings. The smallest absolute Gasteiger partial charge is 0.146 e. The molecule has 0 atom stereocenters. The van der Waals surface area contributed by atoms with Gasteiger partial charge in [-0.1, -0.05) is 18.2 Å². The number of ether oxygens (including phenoxy) is 4. The SMILES string of the molecule is CCOCOCC1CCN(Cc2ccc3cc(OC4CCC(COC)CC4)ccc3c2)CC1. The Morgan fingerprint density at radius 2 is 1.55 bits per heavy atom. The minimum atomic E-state index is 0.335. The Kier molecular flexibility index (Phi) is 9.42. The fraction of sp³-hybridized carbons (Fsp3) is 0.643. The topological polar surface area (TPSA) is 40.2 Å². The molecule has 2 aromatic carbocycles. The van der Waals surface area contributed by atoms with E-state index in [1.165, 1.54) is 42.0 Å². The average molecular weight is 456 g/mol. The predicted molar refractivity (Wildman–Crippen MR) is 133 cm³/mol. The number of rotatable bonds is 11. The van der Waals surface area contributed by atoms with E-state index in [0.29, 0.717) is 24.7 Å². The fourth-order valence-electron chi connectivity index (χ4n) is 5.22. The summed E-state index contributed by atoms with van der Waals surface area (Å²) in [4.78, 5) is 2.57. The van der Waals surface area contributed by atoms with E-state index in [1.54, 1.807) is 7.11 Å². The van der Waals surface area contributed by atoms with Crippen LogP contribution in [0.4, 0.5) is 0 Å². The maximum atomic E-state index is 6.33. The molecule has 0 amide bonds. The molecule has 2 aliphatic rings. The lowest BCUT2D eigenvalue weighted by Gasteiger charge is -2.31.